The maximum Gasteiger partial charge on any atom is 3.00 e. The van der Waals surface area contributed by atoms with Crippen LogP contribution in [0.15, 0.2) is 133 Å². The molecule has 0 saturated carbocycles. The molecule has 108 heavy (non-hydrogen) atoms. The van der Waals surface area contributed by atoms with Gasteiger partial charge in [0.1, 0.15) is 11.5 Å². The largest absolute Gasteiger partial charge is 3.00 e. The summed E-state index contributed by atoms with van der Waals surface area (Å²) in [6.45, 7) is 17.4. The number of aromatic nitrogens is 4. The van der Waals surface area contributed by atoms with E-state index < -0.39 is 52.6 Å². The molecule has 5 aliphatic heterocycles. The van der Waals surface area contributed by atoms with Crippen molar-refractivity contribution in [3.63, 3.8) is 0 Å². The molecule has 1 unspecified atom stereocenters. The van der Waals surface area contributed by atoms with Crippen LogP contribution >= 0.6 is 0 Å². The minimum Gasteiger partial charge on any atom is -0.484 e. The van der Waals surface area contributed by atoms with Gasteiger partial charge in [0.2, 0.25) is 0 Å². The Hall–Kier alpha value is -10.2. The molecule has 1 atom stereocenters. The first-order valence-corrected chi connectivity index (χ1v) is 35.6. The molecule has 10 N–H and O–H groups in total. The topological polar surface area (TPSA) is 323 Å². The van der Waals surface area contributed by atoms with Crippen LogP contribution in [0.4, 0.5) is 4.70 Å². The number of nitrogens with zero attached hydrogens (tertiary/aromatic N) is 7. The van der Waals surface area contributed by atoms with Crippen LogP contribution in [0.2, 0.25) is 0 Å². The Morgan fingerprint density at radius 3 is 1.36 bits per heavy atom. The van der Waals surface area contributed by atoms with Gasteiger partial charge in [-0.3, -0.25) is 38.6 Å². The number of fused-ring (bicyclic) bond motifs is 10. The van der Waals surface area contributed by atoms with Crippen LogP contribution in [0.1, 0.15) is 112 Å². The van der Waals surface area contributed by atoms with Crippen molar-refractivity contribution in [2.45, 2.75) is 96.6 Å². The summed E-state index contributed by atoms with van der Waals surface area (Å²) in [4.78, 5) is 84.6. The predicted molar refractivity (Wildman–Crippen MR) is 413 cm³/mol. The summed E-state index contributed by atoms with van der Waals surface area (Å²) in [6, 6.07) is 42.9. The van der Waals surface area contributed by atoms with Crippen molar-refractivity contribution in [2.24, 2.45) is 0 Å². The molecule has 0 aliphatic carbocycles. The van der Waals surface area contributed by atoms with Crippen molar-refractivity contribution in [1.82, 2.24) is 55.4 Å². The van der Waals surface area contributed by atoms with E-state index in [0.717, 1.165) is 100.0 Å². The van der Waals surface area contributed by atoms with Crippen LogP contribution in [-0.2, 0) is 59.1 Å². The molecule has 0 radical (unpaired) electrons. The van der Waals surface area contributed by atoms with Crippen LogP contribution in [0.3, 0.4) is 0 Å². The number of carboxylic acid groups (broad SMARTS) is 4. The van der Waals surface area contributed by atoms with Crippen molar-refractivity contribution in [3.05, 3.63) is 190 Å². The Morgan fingerprint density at radius 2 is 0.898 bits per heavy atom. The first kappa shape index (κ1) is 78.9. The predicted octanol–water partition coefficient (Wildman–Crippen LogP) is 11.3. The van der Waals surface area contributed by atoms with Gasteiger partial charge in [-0.05, 0) is 190 Å². The number of hydroxylamine groups is 4. The van der Waals surface area contributed by atoms with E-state index in [-0.39, 0.29) is 66.8 Å². The minimum absolute atomic E-state index is 0. The van der Waals surface area contributed by atoms with Crippen molar-refractivity contribution in [3.8, 4) is 56.0 Å². The Morgan fingerprint density at radius 1 is 0.481 bits per heavy atom. The number of rotatable bonds is 23. The first-order chi connectivity index (χ1) is 50.6. The van der Waals surface area contributed by atoms with Gasteiger partial charge in [-0.15, -0.1) is 0 Å². The van der Waals surface area contributed by atoms with Crippen LogP contribution in [0, 0.1) is 0 Å². The van der Waals surface area contributed by atoms with Crippen molar-refractivity contribution < 1.29 is 69.0 Å². The van der Waals surface area contributed by atoms with Gasteiger partial charge in [0.25, 0.3) is 5.91 Å². The molecule has 26 heteroatoms. The molecular weight excluding hydrogens is 1390 g/mol. The summed E-state index contributed by atoms with van der Waals surface area (Å²) in [7, 11) is 0. The summed E-state index contributed by atoms with van der Waals surface area (Å²) >= 11 is 0. The number of aromatic amines is 2. The molecule has 558 valence electrons. The summed E-state index contributed by atoms with van der Waals surface area (Å²) < 4.78 is 11.7. The molecule has 0 spiro atoms. The van der Waals surface area contributed by atoms with Crippen LogP contribution in [0.5, 0.6) is 11.5 Å². The summed E-state index contributed by atoms with van der Waals surface area (Å²) in [5.74, 6) is -3.63. The third kappa shape index (κ3) is 16.0. The molecule has 1 saturated heterocycles. The fourth-order valence-corrected chi connectivity index (χ4v) is 16.1. The molecule has 5 aliphatic rings. The Kier molecular flexibility index (Phi) is 23.3. The van der Waals surface area contributed by atoms with Gasteiger partial charge in [0.15, 0.2) is 13.2 Å². The van der Waals surface area contributed by atoms with E-state index >= 15 is 0 Å². The van der Waals surface area contributed by atoms with Gasteiger partial charge >= 0.3 is 41.2 Å². The van der Waals surface area contributed by atoms with Crippen molar-refractivity contribution in [2.75, 3.05) is 78.7 Å². The molecule has 8 bridgehead atoms. The number of benzene rings is 5. The molecule has 24 nitrogen and oxygen atoms in total. The van der Waals surface area contributed by atoms with E-state index in [9.17, 15) is 54.8 Å². The number of aliphatic carboxylic acids is 4. The third-order valence-corrected chi connectivity index (χ3v) is 21.0. The standard InChI is InChI=1S/C82H89N11O13.Al.FH/c1-79(2)58-13-9-11-56(77(58)81(5,6)92(79)103)75-64-31-27-60(85-64)73(51-19-23-54(24-20-51)105-47-68(94)84-36-35-83-42-50-17-15-49(16-18-50)41-53-43-90(45-70(97)98)38-37-89(44-69(95)96)39-40-91(53)46-71(99)100)61-28-32-65(86-61)76(57-12-10-14-59-78(57)82(7,8)93(104)80(59,3)4)67-34-30-63(88-67)74(62-29-33-66(75)87-62)52-21-25-55(26-22-52)106-48-72(101)102;;/h9-34,53,83,85,88,103-104H,35-48H2,1-8H3,(H,84,94)(H,95,96)(H,97,98)(H,99,100)(H,101,102);;1H/q;+3;/i;;1-1. The van der Waals surface area contributed by atoms with Gasteiger partial charge in [-0.1, -0.05) is 84.9 Å². The maximum absolute atomic E-state index is 13.4. The second-order valence-corrected chi connectivity index (χ2v) is 29.7. The third-order valence-electron chi connectivity index (χ3n) is 21.0. The second kappa shape index (κ2) is 31.9. The smallest absolute Gasteiger partial charge is 0.484 e. The van der Waals surface area contributed by atoms with Crippen LogP contribution in [0.25, 0.3) is 90.9 Å². The molecule has 3 aromatic heterocycles. The van der Waals surface area contributed by atoms with Gasteiger partial charge in [-0.25, -0.2) is 14.8 Å². The summed E-state index contributed by atoms with van der Waals surface area (Å²) in [5.41, 5.74) is 14.5. The first-order valence-electron chi connectivity index (χ1n) is 35.6. The Balaban J connectivity index is 0.00000580. The average Bonchev–Trinajstić information content (AvgIpc) is 1.56. The number of H-pyrrole nitrogens is 2. The summed E-state index contributed by atoms with van der Waals surface area (Å²) in [6.07, 6.45) is 8.50. The summed E-state index contributed by atoms with van der Waals surface area (Å²) in [5, 5.41) is 71.7. The van der Waals surface area contributed by atoms with Gasteiger partial charge in [0, 0.05) is 103 Å². The fraction of sp³-hybridized carbons (Fsp3) is 0.329. The zero-order valence-corrected chi connectivity index (χ0v) is 62.8. The molecule has 1 amide bonds. The average molecular weight is 1480 g/mol. The number of hydrogen-bond acceptors (Lipinski definition) is 17. The zero-order valence-electron chi connectivity index (χ0n) is 61.6. The zero-order chi connectivity index (χ0) is 75.1. The number of carbonyl (C=O) groups excluding carboxylic acids is 1. The van der Waals surface area contributed by atoms with Crippen molar-refractivity contribution >= 4 is 93.5 Å². The minimum atomic E-state index is -1.09. The molecule has 8 aromatic rings. The molecule has 8 heterocycles. The van der Waals surface area contributed by atoms with E-state index in [2.05, 4.69) is 44.9 Å². The van der Waals surface area contributed by atoms with E-state index in [0.29, 0.717) is 86.5 Å². The van der Waals surface area contributed by atoms with Crippen LogP contribution < -0.4 is 20.1 Å². The quantitative estimate of drug-likeness (QED) is 0.0210. The number of hydrogen-bond donors (Lipinski definition) is 10. The molecular formula is C82H90AlFN11O13+3. The Labute approximate surface area is 635 Å². The van der Waals surface area contributed by atoms with E-state index in [4.69, 9.17) is 19.4 Å². The van der Waals surface area contributed by atoms with E-state index in [1.807, 2.05) is 177 Å². The molecule has 5 aromatic carbocycles. The van der Waals surface area contributed by atoms with Crippen molar-refractivity contribution in [1.29, 1.82) is 0 Å². The maximum atomic E-state index is 13.4. The number of nitrogens with one attached hydrogen (secondary N) is 4. The van der Waals surface area contributed by atoms with E-state index in [1.165, 1.54) is 10.1 Å². The number of ether oxygens (including phenoxy) is 2. The monoisotopic (exact) mass is 1480 g/mol. The van der Waals surface area contributed by atoms with Crippen LogP contribution in [-0.4, -0.2) is 207 Å². The fourth-order valence-electron chi connectivity index (χ4n) is 16.1. The second-order valence-electron chi connectivity index (χ2n) is 29.7. The number of amides is 1. The molecule has 13 rings (SSSR count). The van der Waals surface area contributed by atoms with Gasteiger partial charge in [-0.2, -0.15) is 10.1 Å². The normalized spacial score (nSPS) is 17.3. The number of carboxylic acids is 4. The molecule has 1 fully saturated rings. The van der Waals surface area contributed by atoms with Gasteiger partial charge < -0.3 is 60.9 Å². The van der Waals surface area contributed by atoms with Gasteiger partial charge in [0.05, 0.1) is 64.6 Å². The number of carbonyl (C=O) groups is 5. The Bertz CT molecular complexity index is 4920. The SMILES string of the molecule is CC1(C)c2cccc(-c3c4nc(c(-c5ccc(OCC(=O)NCCNCc6ccc(CC7CN(CC(=O)O)CCN(CC(=O)O)CCN7CC(=O)O)cc6)cc5)c5ccc([nH]5)c(-c5cccc6c5C(C)(C)N(O)C6(C)C)c5nc(c(-c6ccc(OCC(=O)O)cc6)c6ccc3[nH]6)C=C5)C=C4)c2C(C)(C)N1O.[18FH].[Al+3]. The van der Waals surface area contributed by atoms with E-state index in [1.54, 1.807) is 26.8 Å². The number of halogens is 1.